The Kier molecular flexibility index (Phi) is 7.48. The van der Waals surface area contributed by atoms with Crippen molar-refractivity contribution in [3.05, 3.63) is 40.9 Å². The molecule has 152 valence electrons. The minimum atomic E-state index is -0.549. The highest BCUT2D eigenvalue weighted by Gasteiger charge is 2.28. The summed E-state index contributed by atoms with van der Waals surface area (Å²) >= 11 is 5.94. The number of aliphatic hydroxyl groups excluding tert-OH is 1. The van der Waals surface area contributed by atoms with Crippen molar-refractivity contribution in [1.82, 2.24) is 14.7 Å². The third-order valence-electron chi connectivity index (χ3n) is 5.25. The molecular weight excluding hydrogens is 378 g/mol. The van der Waals surface area contributed by atoms with Crippen LogP contribution in [0.1, 0.15) is 24.8 Å². The number of benzene rings is 1. The molecule has 28 heavy (non-hydrogen) atoms. The van der Waals surface area contributed by atoms with Crippen molar-refractivity contribution in [2.75, 3.05) is 45.8 Å². The van der Waals surface area contributed by atoms with Crippen molar-refractivity contribution in [2.45, 2.75) is 25.4 Å². The molecule has 2 aliphatic heterocycles. The Balaban J connectivity index is 1.46. The number of amides is 2. The van der Waals surface area contributed by atoms with Crippen LogP contribution >= 0.6 is 11.6 Å². The maximum atomic E-state index is 12.4. The van der Waals surface area contributed by atoms with E-state index in [4.69, 9.17) is 11.6 Å². The first-order valence-electron chi connectivity index (χ1n) is 9.92. The van der Waals surface area contributed by atoms with Crippen LogP contribution < -0.4 is 0 Å². The number of piperidine rings is 1. The molecule has 1 aromatic carbocycles. The highest BCUT2D eigenvalue weighted by Crippen LogP contribution is 2.13. The molecule has 7 heteroatoms. The van der Waals surface area contributed by atoms with Gasteiger partial charge in [-0.3, -0.25) is 9.59 Å². The first kappa shape index (κ1) is 20.8. The predicted octanol–water partition coefficient (Wildman–Crippen LogP) is 1.87. The number of hydrogen-bond donors (Lipinski definition) is 1. The van der Waals surface area contributed by atoms with Crippen LogP contribution in [0.15, 0.2) is 30.3 Å². The van der Waals surface area contributed by atoms with Gasteiger partial charge in [0.2, 0.25) is 11.8 Å². The Bertz CT molecular complexity index is 719. The zero-order valence-electron chi connectivity index (χ0n) is 16.1. The van der Waals surface area contributed by atoms with Crippen LogP contribution in [0, 0.1) is 0 Å². The average molecular weight is 406 g/mol. The molecule has 3 rings (SSSR count). The minimum absolute atomic E-state index is 0.0507. The second kappa shape index (κ2) is 10.0. The zero-order chi connectivity index (χ0) is 19.9. The van der Waals surface area contributed by atoms with E-state index in [0.717, 1.165) is 18.7 Å². The highest BCUT2D eigenvalue weighted by atomic mass is 35.5. The molecule has 0 spiro atoms. The van der Waals surface area contributed by atoms with E-state index in [1.807, 2.05) is 12.1 Å². The maximum absolute atomic E-state index is 12.4. The number of β-amino-alcohol motifs (C(OH)–C–C–N with tert-alkyl or cyclic N) is 1. The van der Waals surface area contributed by atoms with Gasteiger partial charge in [0.05, 0.1) is 6.10 Å². The SMILES string of the molecule is O=C(/C=C/c1cccc(Cl)c1)N1CCN(CC(O)CN2CCCCC2)C(=O)C1. The Hall–Kier alpha value is -1.89. The van der Waals surface area contributed by atoms with Gasteiger partial charge >= 0.3 is 0 Å². The number of halogens is 1. The first-order chi connectivity index (χ1) is 13.5. The van der Waals surface area contributed by atoms with E-state index >= 15 is 0 Å². The van der Waals surface area contributed by atoms with E-state index in [-0.39, 0.29) is 18.4 Å². The number of carbonyl (C=O) groups is 2. The molecule has 2 heterocycles. The van der Waals surface area contributed by atoms with Crippen LogP contribution in [0.5, 0.6) is 0 Å². The van der Waals surface area contributed by atoms with Crippen molar-refractivity contribution < 1.29 is 14.7 Å². The second-order valence-corrected chi connectivity index (χ2v) is 7.94. The van der Waals surface area contributed by atoms with E-state index in [0.29, 0.717) is 31.2 Å². The molecular formula is C21H28ClN3O3. The molecule has 1 atom stereocenters. The van der Waals surface area contributed by atoms with Gasteiger partial charge in [0.1, 0.15) is 6.54 Å². The second-order valence-electron chi connectivity index (χ2n) is 7.50. The summed E-state index contributed by atoms with van der Waals surface area (Å²) in [7, 11) is 0. The van der Waals surface area contributed by atoms with Crippen molar-refractivity contribution in [3.8, 4) is 0 Å². The van der Waals surface area contributed by atoms with Crippen LogP contribution in [-0.2, 0) is 9.59 Å². The fourth-order valence-corrected chi connectivity index (χ4v) is 3.92. The van der Waals surface area contributed by atoms with E-state index in [9.17, 15) is 14.7 Å². The van der Waals surface area contributed by atoms with Gasteiger partial charge < -0.3 is 19.8 Å². The Morgan fingerprint density at radius 3 is 2.64 bits per heavy atom. The number of nitrogens with zero attached hydrogens (tertiary/aromatic N) is 3. The zero-order valence-corrected chi connectivity index (χ0v) is 16.9. The quantitative estimate of drug-likeness (QED) is 0.734. The topological polar surface area (TPSA) is 64.1 Å². The van der Waals surface area contributed by atoms with E-state index in [1.165, 1.54) is 30.2 Å². The van der Waals surface area contributed by atoms with Gasteiger partial charge in [-0.25, -0.2) is 0 Å². The molecule has 0 aromatic heterocycles. The Morgan fingerprint density at radius 2 is 1.93 bits per heavy atom. The molecule has 1 aromatic rings. The summed E-state index contributed by atoms with van der Waals surface area (Å²) in [5, 5.41) is 11.0. The van der Waals surface area contributed by atoms with E-state index in [1.54, 1.807) is 23.1 Å². The minimum Gasteiger partial charge on any atom is -0.390 e. The van der Waals surface area contributed by atoms with Crippen molar-refractivity contribution >= 4 is 29.5 Å². The molecule has 2 amide bonds. The van der Waals surface area contributed by atoms with E-state index < -0.39 is 6.10 Å². The summed E-state index contributed by atoms with van der Waals surface area (Å²) in [6.07, 6.45) is 6.23. The lowest BCUT2D eigenvalue weighted by Crippen LogP contribution is -2.54. The third kappa shape index (κ3) is 6.06. The number of carbonyl (C=O) groups excluding carboxylic acids is 2. The van der Waals surface area contributed by atoms with Gasteiger partial charge in [0, 0.05) is 37.3 Å². The van der Waals surface area contributed by atoms with Crippen molar-refractivity contribution in [3.63, 3.8) is 0 Å². The number of hydrogen-bond acceptors (Lipinski definition) is 4. The molecule has 0 saturated carbocycles. The largest absolute Gasteiger partial charge is 0.390 e. The molecule has 1 unspecified atom stereocenters. The van der Waals surface area contributed by atoms with Crippen LogP contribution in [-0.4, -0.2) is 83.5 Å². The first-order valence-corrected chi connectivity index (χ1v) is 10.3. The fraction of sp³-hybridized carbons (Fsp3) is 0.524. The Labute approximate surface area is 171 Å². The summed E-state index contributed by atoms with van der Waals surface area (Å²) in [6, 6.07) is 7.24. The lowest BCUT2D eigenvalue weighted by atomic mass is 10.1. The molecule has 2 fully saturated rings. The fourth-order valence-electron chi connectivity index (χ4n) is 3.73. The molecule has 1 N–H and O–H groups in total. The smallest absolute Gasteiger partial charge is 0.247 e. The molecule has 0 aliphatic carbocycles. The van der Waals surface area contributed by atoms with E-state index in [2.05, 4.69) is 4.90 Å². The van der Waals surface area contributed by atoms with Crippen molar-refractivity contribution in [2.24, 2.45) is 0 Å². The summed E-state index contributed by atoms with van der Waals surface area (Å²) in [5.74, 6) is -0.310. The molecule has 0 radical (unpaired) electrons. The van der Waals surface area contributed by atoms with Gasteiger partial charge in [-0.1, -0.05) is 30.2 Å². The molecule has 2 saturated heterocycles. The number of piperazine rings is 1. The predicted molar refractivity (Wildman–Crippen MR) is 110 cm³/mol. The van der Waals surface area contributed by atoms with Crippen molar-refractivity contribution in [1.29, 1.82) is 0 Å². The average Bonchev–Trinajstić information content (AvgIpc) is 2.68. The number of rotatable bonds is 6. The summed E-state index contributed by atoms with van der Waals surface area (Å²) in [4.78, 5) is 30.3. The summed E-state index contributed by atoms with van der Waals surface area (Å²) in [6.45, 7) is 3.95. The van der Waals surface area contributed by atoms with Gasteiger partial charge in [-0.2, -0.15) is 0 Å². The molecule has 6 nitrogen and oxygen atoms in total. The van der Waals surface area contributed by atoms with Crippen LogP contribution in [0.3, 0.4) is 0 Å². The van der Waals surface area contributed by atoms with Gasteiger partial charge in [0.25, 0.3) is 0 Å². The standard InChI is InChI=1S/C21H28ClN3O3/c22-18-6-4-5-17(13-18)7-8-20(27)25-12-11-24(21(28)16-25)15-19(26)14-23-9-2-1-3-10-23/h4-8,13,19,26H,1-3,9-12,14-16H2/b8-7+. The number of aliphatic hydroxyl groups is 1. The summed E-state index contributed by atoms with van der Waals surface area (Å²) < 4.78 is 0. The molecule has 2 aliphatic rings. The third-order valence-corrected chi connectivity index (χ3v) is 5.48. The lowest BCUT2D eigenvalue weighted by molar-refractivity contribution is -0.144. The summed E-state index contributed by atoms with van der Waals surface area (Å²) in [5.41, 5.74) is 0.839. The van der Waals surface area contributed by atoms with Gasteiger partial charge in [0.15, 0.2) is 0 Å². The van der Waals surface area contributed by atoms with Crippen LogP contribution in [0.25, 0.3) is 6.08 Å². The Morgan fingerprint density at radius 1 is 1.14 bits per heavy atom. The normalized spacial score (nSPS) is 20.0. The number of likely N-dealkylation sites (tertiary alicyclic amines) is 1. The lowest BCUT2D eigenvalue weighted by Gasteiger charge is -2.36. The van der Waals surface area contributed by atoms with Gasteiger partial charge in [-0.15, -0.1) is 0 Å². The molecule has 0 bridgehead atoms. The maximum Gasteiger partial charge on any atom is 0.247 e. The van der Waals surface area contributed by atoms with Crippen LogP contribution in [0.4, 0.5) is 0 Å². The van der Waals surface area contributed by atoms with Crippen LogP contribution in [0.2, 0.25) is 5.02 Å². The monoisotopic (exact) mass is 405 g/mol. The highest BCUT2D eigenvalue weighted by molar-refractivity contribution is 6.30. The van der Waals surface area contributed by atoms with Gasteiger partial charge in [-0.05, 0) is 49.7 Å².